The molecule has 0 amide bonds. The molecule has 0 saturated heterocycles. The number of anilines is 3. The smallest absolute Gasteiger partial charge is 0.121 e. The van der Waals surface area contributed by atoms with Crippen molar-refractivity contribution in [1.29, 1.82) is 0 Å². The van der Waals surface area contributed by atoms with E-state index < -0.39 is 0 Å². The highest BCUT2D eigenvalue weighted by Gasteiger charge is 1.99. The molecule has 0 aliphatic heterocycles. The molecule has 0 spiro atoms. The lowest BCUT2D eigenvalue weighted by Crippen LogP contribution is -3.08. The van der Waals surface area contributed by atoms with E-state index in [1.165, 1.54) is 0 Å². The number of hydrogen-bond acceptors (Lipinski definition) is 3. The maximum Gasteiger partial charge on any atom is 0.121 e. The number of para-hydroxylation sites is 1. The van der Waals surface area contributed by atoms with Gasteiger partial charge in [0, 0.05) is 18.3 Å². The second kappa shape index (κ2) is 6.04. The van der Waals surface area contributed by atoms with Gasteiger partial charge in [-0.2, -0.15) is 0 Å². The van der Waals surface area contributed by atoms with E-state index in [2.05, 4.69) is 17.3 Å². The fourth-order valence-electron chi connectivity index (χ4n) is 1.56. The molecule has 2 rings (SSSR count). The van der Waals surface area contributed by atoms with E-state index >= 15 is 0 Å². The number of allylic oxidation sites excluding steroid dienone is 1. The lowest BCUT2D eigenvalue weighted by atomic mass is 10.2. The summed E-state index contributed by atoms with van der Waals surface area (Å²) in [6, 6.07) is 17.5. The van der Waals surface area contributed by atoms with Crippen LogP contribution in [-0.4, -0.2) is 0 Å². The molecule has 2 aromatic rings. The van der Waals surface area contributed by atoms with Gasteiger partial charge in [0.1, 0.15) is 5.70 Å². The Morgan fingerprint density at radius 3 is 2.05 bits per heavy atom. The summed E-state index contributed by atoms with van der Waals surface area (Å²) in [6.07, 6.45) is 0. The highest BCUT2D eigenvalue weighted by atomic mass is 16.5. The van der Waals surface area contributed by atoms with Crippen molar-refractivity contribution in [3.8, 4) is 0 Å². The Balaban J connectivity index is 2.01. The second-order valence-corrected chi connectivity index (χ2v) is 4.30. The zero-order valence-corrected chi connectivity index (χ0v) is 10.8. The Hall–Kier alpha value is -2.30. The molecule has 1 unspecified atom stereocenters. The Kier molecular flexibility index (Phi) is 4.18. The van der Waals surface area contributed by atoms with E-state index in [0.29, 0.717) is 5.70 Å². The molecule has 0 heterocycles. The third-order valence-corrected chi connectivity index (χ3v) is 2.59. The molecule has 0 aliphatic carbocycles. The van der Waals surface area contributed by atoms with Crippen molar-refractivity contribution in [3.05, 3.63) is 72.1 Å². The number of benzene rings is 2. The predicted octanol–water partition coefficient (Wildman–Crippen LogP) is 2.67. The van der Waals surface area contributed by atoms with Crippen LogP contribution in [0.5, 0.6) is 0 Å². The monoisotopic (exact) mass is 255 g/mol. The summed E-state index contributed by atoms with van der Waals surface area (Å²) in [6.45, 7) is 5.28. The zero-order valence-electron chi connectivity index (χ0n) is 10.8. The number of hydroxylamine groups is 1. The highest BCUT2D eigenvalue weighted by Crippen LogP contribution is 2.17. The Labute approximate surface area is 112 Å². The molecule has 0 aromatic heterocycles. The van der Waals surface area contributed by atoms with Gasteiger partial charge in [-0.3, -0.25) is 0 Å². The summed E-state index contributed by atoms with van der Waals surface area (Å²) in [5, 5.41) is 14.6. The molecule has 3 N–H and O–H groups in total. The van der Waals surface area contributed by atoms with Crippen molar-refractivity contribution in [1.82, 2.24) is 0 Å². The van der Waals surface area contributed by atoms with Crippen molar-refractivity contribution in [2.75, 3.05) is 10.7 Å². The van der Waals surface area contributed by atoms with Crippen molar-refractivity contribution < 1.29 is 5.17 Å². The third kappa shape index (κ3) is 3.84. The minimum Gasteiger partial charge on any atom is -0.603 e. The van der Waals surface area contributed by atoms with Crippen LogP contribution in [-0.2, 0) is 0 Å². The maximum absolute atomic E-state index is 11.5. The quantitative estimate of drug-likeness (QED) is 0.720. The molecule has 0 bridgehead atoms. The number of rotatable bonds is 5. The average Bonchev–Trinajstić information content (AvgIpc) is 2.42. The summed E-state index contributed by atoms with van der Waals surface area (Å²) in [5.41, 5.74) is 6.02. The normalized spacial score (nSPS) is 11.7. The van der Waals surface area contributed by atoms with Gasteiger partial charge in [-0.05, 0) is 43.0 Å². The molecule has 1 atom stereocenters. The molecular formula is C15H17N3O. The average molecular weight is 255 g/mol. The first-order valence-corrected chi connectivity index (χ1v) is 6.04. The summed E-state index contributed by atoms with van der Waals surface area (Å²) in [5.74, 6) is 0. The van der Waals surface area contributed by atoms with Gasteiger partial charge in [0.05, 0.1) is 5.69 Å². The molecule has 0 saturated carbocycles. The summed E-state index contributed by atoms with van der Waals surface area (Å²) >= 11 is 0. The fraction of sp³-hybridized carbons (Fsp3) is 0.0667. The van der Waals surface area contributed by atoms with Crippen LogP contribution < -0.4 is 15.9 Å². The Morgan fingerprint density at radius 2 is 1.47 bits per heavy atom. The second-order valence-electron chi connectivity index (χ2n) is 4.30. The van der Waals surface area contributed by atoms with E-state index in [-0.39, 0.29) is 5.17 Å². The lowest BCUT2D eigenvalue weighted by molar-refractivity contribution is -0.780. The molecule has 0 aliphatic rings. The lowest BCUT2D eigenvalue weighted by Gasteiger charge is -2.22. The van der Waals surface area contributed by atoms with Crippen molar-refractivity contribution in [2.24, 2.45) is 0 Å². The van der Waals surface area contributed by atoms with E-state index in [1.54, 1.807) is 6.92 Å². The first-order chi connectivity index (χ1) is 9.15. The topological polar surface area (TPSA) is 51.6 Å². The van der Waals surface area contributed by atoms with Crippen molar-refractivity contribution >= 4 is 17.1 Å². The van der Waals surface area contributed by atoms with Crippen molar-refractivity contribution in [2.45, 2.75) is 6.92 Å². The van der Waals surface area contributed by atoms with Crippen LogP contribution in [0.3, 0.4) is 0 Å². The first-order valence-electron chi connectivity index (χ1n) is 6.04. The van der Waals surface area contributed by atoms with E-state index in [0.717, 1.165) is 17.1 Å². The molecule has 4 heteroatoms. The largest absolute Gasteiger partial charge is 0.603 e. The molecule has 98 valence electrons. The molecule has 19 heavy (non-hydrogen) atoms. The minimum atomic E-state index is -0.163. The molecule has 4 nitrogen and oxygen atoms in total. The van der Waals surface area contributed by atoms with E-state index in [1.807, 2.05) is 54.6 Å². The van der Waals surface area contributed by atoms with E-state index in [9.17, 15) is 5.21 Å². The van der Waals surface area contributed by atoms with Gasteiger partial charge in [-0.15, -0.1) is 0 Å². The van der Waals surface area contributed by atoms with Crippen LogP contribution in [0.1, 0.15) is 6.92 Å². The highest BCUT2D eigenvalue weighted by molar-refractivity contribution is 5.61. The summed E-state index contributed by atoms with van der Waals surface area (Å²) in [4.78, 5) is 0. The SMILES string of the molecule is C=C(C)[NH+]([O-])Nc1ccc(Nc2ccccc2)cc1. The number of hydrogen-bond donors (Lipinski definition) is 3. The van der Waals surface area contributed by atoms with Crippen LogP contribution in [0.15, 0.2) is 66.9 Å². The molecular weight excluding hydrogens is 238 g/mol. The summed E-state index contributed by atoms with van der Waals surface area (Å²) in [7, 11) is 0. The van der Waals surface area contributed by atoms with Gasteiger partial charge in [0.15, 0.2) is 0 Å². The zero-order chi connectivity index (χ0) is 13.7. The van der Waals surface area contributed by atoms with Gasteiger partial charge >= 0.3 is 0 Å². The number of nitrogens with one attached hydrogen (secondary N) is 3. The van der Waals surface area contributed by atoms with Gasteiger partial charge in [0.2, 0.25) is 0 Å². The third-order valence-electron chi connectivity index (χ3n) is 2.59. The maximum atomic E-state index is 11.5. The first kappa shape index (κ1) is 13.1. The number of quaternary nitrogens is 1. The fourth-order valence-corrected chi connectivity index (χ4v) is 1.56. The van der Waals surface area contributed by atoms with Gasteiger partial charge in [-0.25, -0.2) is 10.6 Å². The molecule has 0 radical (unpaired) electrons. The van der Waals surface area contributed by atoms with Gasteiger partial charge < -0.3 is 10.5 Å². The molecule has 2 aromatic carbocycles. The van der Waals surface area contributed by atoms with Gasteiger partial charge in [-0.1, -0.05) is 18.2 Å². The Morgan fingerprint density at radius 1 is 0.947 bits per heavy atom. The van der Waals surface area contributed by atoms with Crippen molar-refractivity contribution in [3.63, 3.8) is 0 Å². The summed E-state index contributed by atoms with van der Waals surface area (Å²) < 4.78 is 0. The van der Waals surface area contributed by atoms with Gasteiger partial charge in [0.25, 0.3) is 0 Å². The van der Waals surface area contributed by atoms with Crippen LogP contribution >= 0.6 is 0 Å². The van der Waals surface area contributed by atoms with Crippen LogP contribution in [0.2, 0.25) is 0 Å². The van der Waals surface area contributed by atoms with Crippen LogP contribution in [0.25, 0.3) is 0 Å². The van der Waals surface area contributed by atoms with Crippen LogP contribution in [0.4, 0.5) is 17.1 Å². The Bertz CT molecular complexity index is 537. The molecule has 0 fully saturated rings. The minimum absolute atomic E-state index is 0.163. The van der Waals surface area contributed by atoms with E-state index in [4.69, 9.17) is 0 Å². The predicted molar refractivity (Wildman–Crippen MR) is 78.9 cm³/mol. The standard InChI is InChI=1S/C15H17N3O/c1-12(2)18(19)17-15-10-8-14(9-11-15)16-13-6-4-3-5-7-13/h3-11,16-18H,1H2,2H3. The van der Waals surface area contributed by atoms with Crippen LogP contribution in [0, 0.1) is 5.21 Å².